The van der Waals surface area contributed by atoms with E-state index in [9.17, 15) is 9.59 Å². The van der Waals surface area contributed by atoms with Crippen molar-refractivity contribution in [2.45, 2.75) is 59.5 Å². The lowest BCUT2D eigenvalue weighted by molar-refractivity contribution is -0.150. The number of Topliss-reactive ketones (excluding diaryl/α,β-unsaturated/α-hetero) is 1. The standard InChI is InChI=1S/C21H26N2O3/c1-12(2)26-20(25)17-13(3)23-15-10-21(4,5)11-16(24)18(15)19(17)14-8-6-7-9-22-14/h6-9,12,17,19H,10-11H2,1-5H3/t17?,19-/m1/s1. The van der Waals surface area contributed by atoms with Gasteiger partial charge in [-0.3, -0.25) is 19.6 Å². The zero-order valence-electron chi connectivity index (χ0n) is 16.1. The second kappa shape index (κ2) is 6.78. The van der Waals surface area contributed by atoms with Crippen LogP contribution >= 0.6 is 0 Å². The van der Waals surface area contributed by atoms with E-state index in [0.717, 1.165) is 12.1 Å². The van der Waals surface area contributed by atoms with Crippen LogP contribution in [0.25, 0.3) is 0 Å². The monoisotopic (exact) mass is 354 g/mol. The molecule has 2 atom stereocenters. The number of ketones is 1. The Kier molecular flexibility index (Phi) is 4.82. The summed E-state index contributed by atoms with van der Waals surface area (Å²) in [7, 11) is 0. The fraction of sp³-hybridized carbons (Fsp3) is 0.524. The molecular formula is C21H26N2O3. The topological polar surface area (TPSA) is 68.6 Å². The van der Waals surface area contributed by atoms with E-state index in [2.05, 4.69) is 23.8 Å². The largest absolute Gasteiger partial charge is 0.462 e. The molecule has 138 valence electrons. The van der Waals surface area contributed by atoms with Gasteiger partial charge in [-0.25, -0.2) is 0 Å². The number of carbonyl (C=O) groups is 2. The molecule has 26 heavy (non-hydrogen) atoms. The van der Waals surface area contributed by atoms with E-state index in [1.807, 2.05) is 39.0 Å². The van der Waals surface area contributed by atoms with Crippen molar-refractivity contribution < 1.29 is 14.3 Å². The lowest BCUT2D eigenvalue weighted by atomic mass is 9.67. The van der Waals surface area contributed by atoms with Crippen LogP contribution in [0.2, 0.25) is 0 Å². The molecule has 1 aromatic heterocycles. The van der Waals surface area contributed by atoms with Gasteiger partial charge >= 0.3 is 5.97 Å². The first-order valence-electron chi connectivity index (χ1n) is 9.12. The van der Waals surface area contributed by atoms with Crippen molar-refractivity contribution in [3.63, 3.8) is 0 Å². The maximum absolute atomic E-state index is 13.0. The summed E-state index contributed by atoms with van der Waals surface area (Å²) >= 11 is 0. The Morgan fingerprint density at radius 2 is 2.00 bits per heavy atom. The van der Waals surface area contributed by atoms with E-state index in [-0.39, 0.29) is 23.3 Å². The zero-order valence-corrected chi connectivity index (χ0v) is 16.1. The van der Waals surface area contributed by atoms with Gasteiger partial charge in [0.15, 0.2) is 5.78 Å². The van der Waals surface area contributed by atoms with Crippen molar-refractivity contribution in [2.24, 2.45) is 16.3 Å². The van der Waals surface area contributed by atoms with Crippen molar-refractivity contribution in [1.82, 2.24) is 4.98 Å². The smallest absolute Gasteiger partial charge is 0.315 e. The summed E-state index contributed by atoms with van der Waals surface area (Å²) in [6.45, 7) is 9.64. The molecule has 3 rings (SSSR count). The first kappa shape index (κ1) is 18.5. The van der Waals surface area contributed by atoms with E-state index in [1.165, 1.54) is 0 Å². The molecule has 0 radical (unpaired) electrons. The lowest BCUT2D eigenvalue weighted by Gasteiger charge is -2.38. The molecule has 0 N–H and O–H groups in total. The van der Waals surface area contributed by atoms with E-state index in [1.54, 1.807) is 6.20 Å². The number of rotatable bonds is 3. The molecule has 1 aliphatic heterocycles. The molecule has 5 heteroatoms. The summed E-state index contributed by atoms with van der Waals surface area (Å²) in [6.07, 6.45) is 2.64. The average molecular weight is 354 g/mol. The van der Waals surface area contributed by atoms with E-state index in [4.69, 9.17) is 4.74 Å². The Morgan fingerprint density at radius 1 is 1.27 bits per heavy atom. The summed E-state index contributed by atoms with van der Waals surface area (Å²) in [5.74, 6) is -1.33. The third kappa shape index (κ3) is 3.48. The van der Waals surface area contributed by atoms with Crippen LogP contribution in [0.4, 0.5) is 0 Å². The molecule has 0 fully saturated rings. The molecule has 0 amide bonds. The van der Waals surface area contributed by atoms with Crippen LogP contribution < -0.4 is 0 Å². The second-order valence-corrected chi connectivity index (χ2v) is 8.25. The van der Waals surface area contributed by atoms with Crippen LogP contribution in [0.15, 0.2) is 40.7 Å². The van der Waals surface area contributed by atoms with Gasteiger partial charge in [0.05, 0.1) is 12.0 Å². The molecule has 0 saturated carbocycles. The van der Waals surface area contributed by atoms with Crippen molar-refractivity contribution in [1.29, 1.82) is 0 Å². The highest BCUT2D eigenvalue weighted by molar-refractivity contribution is 6.09. The van der Waals surface area contributed by atoms with Gasteiger partial charge in [0.2, 0.25) is 0 Å². The van der Waals surface area contributed by atoms with Crippen LogP contribution in [0.1, 0.15) is 59.1 Å². The van der Waals surface area contributed by atoms with Crippen molar-refractivity contribution in [3.05, 3.63) is 41.4 Å². The number of nitrogens with zero attached hydrogens (tertiary/aromatic N) is 2. The Morgan fingerprint density at radius 3 is 2.62 bits per heavy atom. The number of carbonyl (C=O) groups excluding carboxylic acids is 2. The molecule has 5 nitrogen and oxygen atoms in total. The molecule has 0 aromatic carbocycles. The maximum atomic E-state index is 13.0. The van der Waals surface area contributed by atoms with Crippen molar-refractivity contribution >= 4 is 17.5 Å². The predicted molar refractivity (Wildman–Crippen MR) is 99.9 cm³/mol. The first-order chi connectivity index (χ1) is 12.2. The van der Waals surface area contributed by atoms with E-state index < -0.39 is 11.8 Å². The number of aromatic nitrogens is 1. The molecular weight excluding hydrogens is 328 g/mol. The molecule has 0 saturated heterocycles. The molecule has 1 aromatic rings. The fourth-order valence-electron chi connectivity index (χ4n) is 3.94. The molecule has 0 bridgehead atoms. The molecule has 0 spiro atoms. The highest BCUT2D eigenvalue weighted by atomic mass is 16.5. The fourth-order valence-corrected chi connectivity index (χ4v) is 3.94. The van der Waals surface area contributed by atoms with Gasteiger partial charge in [0.1, 0.15) is 5.92 Å². The number of hydrogen-bond acceptors (Lipinski definition) is 5. The van der Waals surface area contributed by atoms with E-state index >= 15 is 0 Å². The van der Waals surface area contributed by atoms with Crippen molar-refractivity contribution in [2.75, 3.05) is 0 Å². The van der Waals surface area contributed by atoms with Crippen molar-refractivity contribution in [3.8, 4) is 0 Å². The van der Waals surface area contributed by atoms with Gasteiger partial charge in [0, 0.05) is 35.3 Å². The minimum atomic E-state index is -0.615. The van der Waals surface area contributed by atoms with Crippen LogP contribution in [0.3, 0.4) is 0 Å². The second-order valence-electron chi connectivity index (χ2n) is 8.25. The SMILES string of the molecule is CC1=NC2=C(C(=O)CC(C)(C)C2)[C@H](c2ccccn2)C1C(=O)OC(C)C. The Balaban J connectivity index is 2.14. The van der Waals surface area contributed by atoms with Gasteiger partial charge in [-0.15, -0.1) is 0 Å². The van der Waals surface area contributed by atoms with Gasteiger partial charge in [0.25, 0.3) is 0 Å². The first-order valence-corrected chi connectivity index (χ1v) is 9.12. The molecule has 1 aliphatic carbocycles. The average Bonchev–Trinajstić information content (AvgIpc) is 2.52. The number of aliphatic imine (C=N–C) groups is 1. The van der Waals surface area contributed by atoms with E-state index in [0.29, 0.717) is 23.4 Å². The molecule has 2 aliphatic rings. The normalized spacial score (nSPS) is 25.0. The van der Waals surface area contributed by atoms with Gasteiger partial charge in [-0.1, -0.05) is 19.9 Å². The van der Waals surface area contributed by atoms with Crippen LogP contribution in [-0.2, 0) is 14.3 Å². The number of allylic oxidation sites excluding steroid dienone is 2. The Bertz CT molecular complexity index is 791. The van der Waals surface area contributed by atoms with Crippen LogP contribution in [0.5, 0.6) is 0 Å². The van der Waals surface area contributed by atoms with Gasteiger partial charge < -0.3 is 4.74 Å². The van der Waals surface area contributed by atoms with Crippen LogP contribution in [0, 0.1) is 11.3 Å². The molecule has 1 unspecified atom stereocenters. The highest BCUT2D eigenvalue weighted by Gasteiger charge is 2.46. The third-order valence-corrected chi connectivity index (χ3v) is 4.91. The number of hydrogen-bond donors (Lipinski definition) is 0. The predicted octanol–water partition coefficient (Wildman–Crippen LogP) is 3.85. The quantitative estimate of drug-likeness (QED) is 0.773. The number of ether oxygens (including phenoxy) is 1. The number of pyridine rings is 1. The minimum absolute atomic E-state index is 0.0606. The third-order valence-electron chi connectivity index (χ3n) is 4.91. The summed E-state index contributed by atoms with van der Waals surface area (Å²) < 4.78 is 5.49. The Labute approximate surface area is 154 Å². The summed E-state index contributed by atoms with van der Waals surface area (Å²) in [4.78, 5) is 35.0. The maximum Gasteiger partial charge on any atom is 0.315 e. The van der Waals surface area contributed by atoms with Crippen LogP contribution in [-0.4, -0.2) is 28.6 Å². The van der Waals surface area contributed by atoms with Gasteiger partial charge in [-0.05, 0) is 44.7 Å². The minimum Gasteiger partial charge on any atom is -0.462 e. The highest BCUT2D eigenvalue weighted by Crippen LogP contribution is 2.47. The summed E-state index contributed by atoms with van der Waals surface area (Å²) in [5, 5.41) is 0. The summed E-state index contributed by atoms with van der Waals surface area (Å²) in [5.41, 5.74) is 2.72. The van der Waals surface area contributed by atoms with Gasteiger partial charge in [-0.2, -0.15) is 0 Å². The summed E-state index contributed by atoms with van der Waals surface area (Å²) in [6, 6.07) is 5.58. The lowest BCUT2D eigenvalue weighted by Crippen LogP contribution is -2.40. The Hall–Kier alpha value is -2.30. The zero-order chi connectivity index (χ0) is 19.1. The molecule has 2 heterocycles. The number of esters is 1.